The monoisotopic (exact) mass is 325 g/mol. The Labute approximate surface area is 145 Å². The number of ketones is 1. The van der Waals surface area contributed by atoms with E-state index < -0.39 is 6.10 Å². The van der Waals surface area contributed by atoms with Crippen LogP contribution in [0.25, 0.3) is 16.5 Å². The van der Waals surface area contributed by atoms with Gasteiger partial charge < -0.3 is 9.30 Å². The number of hydrogen-bond acceptors (Lipinski definition) is 2. The quantitative estimate of drug-likeness (QED) is 0.496. The lowest BCUT2D eigenvalue weighted by Crippen LogP contribution is -2.18. The van der Waals surface area contributed by atoms with Crippen molar-refractivity contribution in [2.45, 2.75) is 6.10 Å². The number of ether oxygens (including phenoxy) is 1. The summed E-state index contributed by atoms with van der Waals surface area (Å²) in [6, 6.07) is 25.7. The summed E-state index contributed by atoms with van der Waals surface area (Å²) < 4.78 is 8.08. The first-order valence-electron chi connectivity index (χ1n) is 8.27. The minimum absolute atomic E-state index is 0.0310. The second-order valence-corrected chi connectivity index (χ2v) is 6.20. The molecular weight excluding hydrogens is 310 g/mol. The second kappa shape index (κ2) is 5.35. The molecule has 3 nitrogen and oxygen atoms in total. The summed E-state index contributed by atoms with van der Waals surface area (Å²) in [5.74, 6) is 0.681. The number of Topliss-reactive ketones (excluding diaryl/α,β-unsaturated/α-hetero) is 1. The zero-order valence-electron chi connectivity index (χ0n) is 13.4. The van der Waals surface area contributed by atoms with E-state index in [2.05, 4.69) is 12.1 Å². The Hall–Kier alpha value is -3.33. The Bertz CT molecular complexity index is 1110. The van der Waals surface area contributed by atoms with Gasteiger partial charge in [0.2, 0.25) is 5.78 Å². The molecule has 0 amide bonds. The molecule has 4 aromatic rings. The molecule has 25 heavy (non-hydrogen) atoms. The van der Waals surface area contributed by atoms with Crippen LogP contribution >= 0.6 is 0 Å². The van der Waals surface area contributed by atoms with Gasteiger partial charge in [0.15, 0.2) is 6.10 Å². The molecule has 0 saturated carbocycles. The summed E-state index contributed by atoms with van der Waals surface area (Å²) in [6.45, 7) is 0. The molecule has 0 bridgehead atoms. The van der Waals surface area contributed by atoms with Crippen molar-refractivity contribution in [2.75, 3.05) is 0 Å². The minimum Gasteiger partial charge on any atom is -0.475 e. The largest absolute Gasteiger partial charge is 0.475 e. The number of hydrogen-bond donors (Lipinski definition) is 0. The maximum Gasteiger partial charge on any atom is 0.224 e. The number of fused-ring (bicyclic) bond motifs is 4. The number of rotatable bonds is 1. The number of nitrogens with zero attached hydrogens (tertiary/aromatic N) is 1. The molecule has 1 atom stereocenters. The number of benzene rings is 3. The summed E-state index contributed by atoms with van der Waals surface area (Å²) in [6.07, 6.45) is 1.25. The molecular formula is C22H15NO2. The Kier molecular flexibility index (Phi) is 3.01. The van der Waals surface area contributed by atoms with E-state index in [9.17, 15) is 4.79 Å². The summed E-state index contributed by atoms with van der Waals surface area (Å²) in [7, 11) is 0. The molecule has 0 radical (unpaired) electrons. The molecule has 1 aliphatic heterocycles. The summed E-state index contributed by atoms with van der Waals surface area (Å²) in [4.78, 5) is 13.2. The molecule has 0 saturated heterocycles. The van der Waals surface area contributed by atoms with Crippen molar-refractivity contribution in [3.8, 4) is 11.4 Å². The van der Waals surface area contributed by atoms with Crippen LogP contribution in [0, 0.1) is 0 Å². The van der Waals surface area contributed by atoms with Gasteiger partial charge in [-0.1, -0.05) is 48.5 Å². The molecule has 0 aliphatic carbocycles. The zero-order valence-corrected chi connectivity index (χ0v) is 13.4. The molecule has 1 aliphatic rings. The second-order valence-electron chi connectivity index (χ2n) is 6.20. The maximum atomic E-state index is 13.2. The van der Waals surface area contributed by atoms with E-state index >= 15 is 0 Å². The minimum atomic E-state index is -0.651. The average molecular weight is 325 g/mol. The van der Waals surface area contributed by atoms with Gasteiger partial charge >= 0.3 is 0 Å². The van der Waals surface area contributed by atoms with Gasteiger partial charge in [0.05, 0.1) is 11.4 Å². The molecule has 5 rings (SSSR count). The predicted octanol–water partition coefficient (Wildman–Crippen LogP) is 4.95. The van der Waals surface area contributed by atoms with Crippen LogP contribution in [0.5, 0.6) is 5.75 Å². The van der Waals surface area contributed by atoms with Crippen LogP contribution in [-0.4, -0.2) is 10.4 Å². The topological polar surface area (TPSA) is 31.2 Å². The van der Waals surface area contributed by atoms with Gasteiger partial charge in [-0.15, -0.1) is 0 Å². The van der Waals surface area contributed by atoms with E-state index in [1.165, 1.54) is 0 Å². The molecule has 1 aromatic heterocycles. The first kappa shape index (κ1) is 14.1. The van der Waals surface area contributed by atoms with Crippen molar-refractivity contribution >= 4 is 16.6 Å². The smallest absolute Gasteiger partial charge is 0.224 e. The molecule has 120 valence electrons. The average Bonchev–Trinajstić information content (AvgIpc) is 3.11. The molecule has 3 aromatic carbocycles. The normalized spacial score (nSPS) is 16.0. The Morgan fingerprint density at radius 3 is 2.52 bits per heavy atom. The highest BCUT2D eigenvalue weighted by atomic mass is 16.5. The van der Waals surface area contributed by atoms with E-state index in [0.717, 1.165) is 22.0 Å². The Morgan fingerprint density at radius 1 is 0.800 bits per heavy atom. The molecule has 0 N–H and O–H groups in total. The third kappa shape index (κ3) is 2.17. The van der Waals surface area contributed by atoms with Crippen molar-refractivity contribution in [3.63, 3.8) is 0 Å². The lowest BCUT2D eigenvalue weighted by atomic mass is 10.00. The third-order valence-corrected chi connectivity index (χ3v) is 4.69. The third-order valence-electron chi connectivity index (χ3n) is 4.69. The number of aromatic nitrogens is 1. The van der Waals surface area contributed by atoms with Gasteiger partial charge in [0.25, 0.3) is 0 Å². The van der Waals surface area contributed by atoms with Crippen molar-refractivity contribution in [1.82, 2.24) is 4.57 Å². The van der Waals surface area contributed by atoms with E-state index in [4.69, 9.17) is 4.74 Å². The van der Waals surface area contributed by atoms with Crippen molar-refractivity contribution in [3.05, 3.63) is 96.3 Å². The number of carbonyl (C=O) groups excluding carboxylic acids is 1. The fourth-order valence-corrected chi connectivity index (χ4v) is 3.45. The Morgan fingerprint density at radius 2 is 1.60 bits per heavy atom. The lowest BCUT2D eigenvalue weighted by molar-refractivity contribution is 0.0796. The van der Waals surface area contributed by atoms with Crippen LogP contribution in [0.3, 0.4) is 0 Å². The van der Waals surface area contributed by atoms with Gasteiger partial charge in [0.1, 0.15) is 5.75 Å². The first-order valence-corrected chi connectivity index (χ1v) is 8.27. The van der Waals surface area contributed by atoms with E-state index in [-0.39, 0.29) is 5.78 Å². The first-order chi connectivity index (χ1) is 12.3. The highest BCUT2D eigenvalue weighted by molar-refractivity contribution is 6.01. The SMILES string of the molecule is O=C1c2cccn2-c2ccccc2O[C@H]1c1ccc2ccccc2c1. The highest BCUT2D eigenvalue weighted by Crippen LogP contribution is 2.35. The Balaban J connectivity index is 1.70. The zero-order chi connectivity index (χ0) is 16.8. The van der Waals surface area contributed by atoms with Crippen molar-refractivity contribution in [2.24, 2.45) is 0 Å². The van der Waals surface area contributed by atoms with Crippen molar-refractivity contribution in [1.29, 1.82) is 0 Å². The fourth-order valence-electron chi connectivity index (χ4n) is 3.45. The molecule has 0 unspecified atom stereocenters. The van der Waals surface area contributed by atoms with Crippen LogP contribution < -0.4 is 4.74 Å². The maximum absolute atomic E-state index is 13.2. The van der Waals surface area contributed by atoms with Crippen LogP contribution in [-0.2, 0) is 0 Å². The highest BCUT2D eigenvalue weighted by Gasteiger charge is 2.31. The van der Waals surface area contributed by atoms with Gasteiger partial charge in [-0.2, -0.15) is 0 Å². The number of para-hydroxylation sites is 2. The van der Waals surface area contributed by atoms with Crippen LogP contribution in [0.4, 0.5) is 0 Å². The van der Waals surface area contributed by atoms with Crippen LogP contribution in [0.1, 0.15) is 22.2 Å². The van der Waals surface area contributed by atoms with Crippen LogP contribution in [0.15, 0.2) is 85.1 Å². The van der Waals surface area contributed by atoms with Crippen molar-refractivity contribution < 1.29 is 9.53 Å². The molecule has 0 spiro atoms. The summed E-state index contributed by atoms with van der Waals surface area (Å²) >= 11 is 0. The lowest BCUT2D eigenvalue weighted by Gasteiger charge is -2.17. The fraction of sp³-hybridized carbons (Fsp3) is 0.0455. The van der Waals surface area contributed by atoms with E-state index in [1.54, 1.807) is 0 Å². The van der Waals surface area contributed by atoms with Crippen LogP contribution in [0.2, 0.25) is 0 Å². The molecule has 0 fully saturated rings. The van der Waals surface area contributed by atoms with Gasteiger partial charge in [-0.05, 0) is 41.1 Å². The van der Waals surface area contributed by atoms with Gasteiger partial charge in [-0.25, -0.2) is 0 Å². The standard InChI is InChI=1S/C22H15NO2/c24-21-19-9-5-13-23(19)18-8-3-4-10-20(18)25-22(21)17-12-11-15-6-1-2-7-16(15)14-17/h1-14,22H/t22-/m0/s1. The number of carbonyl (C=O) groups is 1. The van der Waals surface area contributed by atoms with E-state index in [1.807, 2.05) is 77.5 Å². The van der Waals surface area contributed by atoms with E-state index in [0.29, 0.717) is 11.4 Å². The predicted molar refractivity (Wildman–Crippen MR) is 97.4 cm³/mol. The van der Waals surface area contributed by atoms with Gasteiger partial charge in [-0.3, -0.25) is 4.79 Å². The molecule has 2 heterocycles. The molecule has 3 heteroatoms. The van der Waals surface area contributed by atoms with Gasteiger partial charge in [0, 0.05) is 11.8 Å². The summed E-state index contributed by atoms with van der Waals surface area (Å²) in [5, 5.41) is 2.25. The summed E-state index contributed by atoms with van der Waals surface area (Å²) in [5.41, 5.74) is 2.40.